The zero-order valence-electron chi connectivity index (χ0n) is 39.6. The van der Waals surface area contributed by atoms with Gasteiger partial charge in [0.2, 0.25) is 0 Å². The van der Waals surface area contributed by atoms with Crippen LogP contribution >= 0.6 is 0 Å². The Morgan fingerprint density at radius 3 is 2.30 bits per heavy atom. The summed E-state index contributed by atoms with van der Waals surface area (Å²) in [7, 11) is 3.74. The lowest BCUT2D eigenvalue weighted by Gasteiger charge is -2.30. The van der Waals surface area contributed by atoms with Crippen LogP contribution in [-0.4, -0.2) is 130 Å². The third-order valence-electron chi connectivity index (χ3n) is 11.8. The molecule has 0 radical (unpaired) electrons. The van der Waals surface area contributed by atoms with Gasteiger partial charge in [0.25, 0.3) is 11.8 Å². The molecule has 0 bridgehead atoms. The molecule has 2 atom stereocenters. The number of esters is 1. The summed E-state index contributed by atoms with van der Waals surface area (Å²) in [5.74, 6) is -0.810. The van der Waals surface area contributed by atoms with E-state index in [0.29, 0.717) is 87.3 Å². The van der Waals surface area contributed by atoms with Gasteiger partial charge in [0.1, 0.15) is 11.8 Å². The number of amides is 2. The second-order valence-electron chi connectivity index (χ2n) is 18.2. The van der Waals surface area contributed by atoms with Crippen LogP contribution in [0.4, 0.5) is 11.4 Å². The van der Waals surface area contributed by atoms with Crippen molar-refractivity contribution in [2.75, 3.05) is 96.7 Å². The van der Waals surface area contributed by atoms with Crippen molar-refractivity contribution in [2.24, 2.45) is 0 Å². The first-order chi connectivity index (χ1) is 31.8. The van der Waals surface area contributed by atoms with Crippen LogP contribution in [0.25, 0.3) is 11.3 Å². The molecule has 14 heteroatoms. The van der Waals surface area contributed by atoms with Crippen molar-refractivity contribution in [2.45, 2.75) is 83.6 Å². The van der Waals surface area contributed by atoms with Gasteiger partial charge in [0.15, 0.2) is 0 Å². The molecular formula is C52H70N6O8. The summed E-state index contributed by atoms with van der Waals surface area (Å²) in [6.07, 6.45) is 7.48. The Labute approximate surface area is 391 Å². The van der Waals surface area contributed by atoms with Crippen molar-refractivity contribution in [3.8, 4) is 11.3 Å². The number of nitrogens with one attached hydrogen (secondary N) is 2. The molecule has 1 aromatic heterocycles. The van der Waals surface area contributed by atoms with Gasteiger partial charge in [0, 0.05) is 74.4 Å². The summed E-state index contributed by atoms with van der Waals surface area (Å²) in [6.45, 7) is 11.7. The largest absolute Gasteiger partial charge is 0.460 e. The van der Waals surface area contributed by atoms with Crippen LogP contribution < -0.4 is 15.5 Å². The van der Waals surface area contributed by atoms with Crippen LogP contribution in [0.1, 0.15) is 109 Å². The number of hydrogen-bond donors (Lipinski definition) is 3. The first-order valence-electron chi connectivity index (χ1n) is 23.5. The number of rotatable bonds is 23. The van der Waals surface area contributed by atoms with E-state index in [1.54, 1.807) is 42.4 Å². The molecule has 66 heavy (non-hydrogen) atoms. The number of aliphatic hydroxyl groups excluding tert-OH is 1. The molecule has 1 unspecified atom stereocenters. The fraction of sp³-hybridized carbons (Fsp3) is 0.500. The minimum Gasteiger partial charge on any atom is -0.460 e. The number of aromatic nitrogens is 1. The Bertz CT molecular complexity index is 2190. The number of anilines is 2. The Morgan fingerprint density at radius 2 is 1.53 bits per heavy atom. The number of ether oxygens (including phenoxy) is 4. The third-order valence-corrected chi connectivity index (χ3v) is 11.8. The molecule has 1 aliphatic heterocycles. The molecule has 1 fully saturated rings. The summed E-state index contributed by atoms with van der Waals surface area (Å²) in [4.78, 5) is 50.2. The third kappa shape index (κ3) is 15.4. The molecular weight excluding hydrogens is 837 g/mol. The van der Waals surface area contributed by atoms with Gasteiger partial charge in [-0.05, 0) is 132 Å². The number of hydrogen-bond acceptors (Lipinski definition) is 12. The Morgan fingerprint density at radius 1 is 0.803 bits per heavy atom. The van der Waals surface area contributed by atoms with Crippen molar-refractivity contribution in [1.29, 1.82) is 0 Å². The lowest BCUT2D eigenvalue weighted by molar-refractivity contribution is -0.156. The van der Waals surface area contributed by atoms with E-state index in [9.17, 15) is 19.5 Å². The number of carbonyl (C=O) groups excluding carboxylic acids is 3. The number of nitrogens with zero attached hydrogens (tertiary/aromatic N) is 4. The van der Waals surface area contributed by atoms with E-state index in [1.807, 2.05) is 52.1 Å². The molecule has 2 aliphatic rings. The quantitative estimate of drug-likeness (QED) is 0.0385. The molecule has 6 rings (SSSR count). The van der Waals surface area contributed by atoms with Crippen molar-refractivity contribution < 1.29 is 38.4 Å². The summed E-state index contributed by atoms with van der Waals surface area (Å²) in [5, 5.41) is 18.1. The monoisotopic (exact) mass is 907 g/mol. The van der Waals surface area contributed by atoms with Crippen molar-refractivity contribution in [3.05, 3.63) is 113 Å². The van der Waals surface area contributed by atoms with E-state index >= 15 is 0 Å². The smallest absolute Gasteiger partial charge is 0.308 e. The molecule has 2 heterocycles. The van der Waals surface area contributed by atoms with Crippen LogP contribution in [0.15, 0.2) is 85.1 Å². The number of carbonyl (C=O) groups is 3. The normalized spacial score (nSPS) is 15.6. The van der Waals surface area contributed by atoms with Crippen LogP contribution in [0.2, 0.25) is 0 Å². The maximum atomic E-state index is 14.0. The average Bonchev–Trinajstić information content (AvgIpc) is 3.32. The maximum Gasteiger partial charge on any atom is 0.308 e. The summed E-state index contributed by atoms with van der Waals surface area (Å²) >= 11 is 0. The topological polar surface area (TPSA) is 155 Å². The fourth-order valence-corrected chi connectivity index (χ4v) is 8.23. The average molecular weight is 907 g/mol. The molecule has 1 saturated heterocycles. The SMILES string of the molecule is CN(CCOCCOCCOCCC(=O)OC(C)(C)C)CCN(C)C(=O)c1cccc(C(=O)Nc2ccc(N3CCCCC3)cc2-c2cc(C(O)N[C@H]3CCCc4ccccc43)ccn2)c1. The van der Waals surface area contributed by atoms with Gasteiger partial charge < -0.3 is 44.1 Å². The number of benzene rings is 3. The zero-order valence-corrected chi connectivity index (χ0v) is 39.6. The van der Waals surface area contributed by atoms with Crippen molar-refractivity contribution >= 4 is 29.2 Å². The van der Waals surface area contributed by atoms with Gasteiger partial charge in [-0.1, -0.05) is 30.3 Å². The summed E-state index contributed by atoms with van der Waals surface area (Å²) in [6, 6.07) is 25.0. The highest BCUT2D eigenvalue weighted by Gasteiger charge is 2.24. The minimum absolute atomic E-state index is 0.0370. The highest BCUT2D eigenvalue weighted by molar-refractivity contribution is 6.08. The van der Waals surface area contributed by atoms with Crippen LogP contribution in [0, 0.1) is 0 Å². The standard InChI is InChI=1S/C52H70N6O8/c1-52(2,3)66-48(59)22-29-63-31-33-65-34-32-64-30-28-56(4)26-27-57(5)51(62)41-16-11-15-39(35-41)49(60)55-46-20-19-42(58-24-9-6-10-25-58)37-44(46)47-36-40(21-23-53-47)50(61)54-45-18-12-14-38-13-7-8-17-43(38)45/h7-8,11,13,15-17,19-21,23,35-37,45,50,54,61H,6,9-10,12,14,18,22,24-34H2,1-5H3,(H,55,60)/t45-,50?/m0/s1. The number of fused-ring (bicyclic) bond motifs is 1. The van der Waals surface area contributed by atoms with E-state index in [0.717, 1.165) is 56.4 Å². The lowest BCUT2D eigenvalue weighted by Crippen LogP contribution is -2.36. The summed E-state index contributed by atoms with van der Waals surface area (Å²) in [5.41, 5.74) is 6.53. The van der Waals surface area contributed by atoms with Crippen LogP contribution in [0.3, 0.4) is 0 Å². The van der Waals surface area contributed by atoms with Gasteiger partial charge in [-0.25, -0.2) is 0 Å². The Hall–Kier alpha value is -5.22. The minimum atomic E-state index is -0.918. The second kappa shape index (κ2) is 25.1. The predicted octanol–water partition coefficient (Wildman–Crippen LogP) is 7.43. The maximum absolute atomic E-state index is 14.0. The van der Waals surface area contributed by atoms with E-state index in [-0.39, 0.29) is 30.2 Å². The molecule has 2 amide bonds. The molecule has 3 N–H and O–H groups in total. The van der Waals surface area contributed by atoms with E-state index in [1.165, 1.54) is 17.5 Å². The highest BCUT2D eigenvalue weighted by Crippen LogP contribution is 2.35. The number of likely N-dealkylation sites (N-methyl/N-ethyl adjacent to an activating group) is 2. The van der Waals surface area contributed by atoms with Gasteiger partial charge in [-0.3, -0.25) is 24.7 Å². The molecule has 4 aromatic rings. The predicted molar refractivity (Wildman–Crippen MR) is 258 cm³/mol. The molecule has 356 valence electrons. The zero-order chi connectivity index (χ0) is 46.9. The Kier molecular flexibility index (Phi) is 19.1. The molecule has 3 aromatic carbocycles. The number of aliphatic hydroxyl groups is 1. The van der Waals surface area contributed by atoms with Gasteiger partial charge >= 0.3 is 5.97 Å². The van der Waals surface area contributed by atoms with Crippen molar-refractivity contribution in [1.82, 2.24) is 20.1 Å². The van der Waals surface area contributed by atoms with E-state index in [4.69, 9.17) is 23.9 Å². The Balaban J connectivity index is 0.992. The van der Waals surface area contributed by atoms with Gasteiger partial charge in [-0.2, -0.15) is 0 Å². The molecule has 0 saturated carbocycles. The first-order valence-corrected chi connectivity index (χ1v) is 23.5. The number of pyridine rings is 1. The van der Waals surface area contributed by atoms with Crippen LogP contribution in [-0.2, 0) is 30.2 Å². The lowest BCUT2D eigenvalue weighted by atomic mass is 9.87. The summed E-state index contributed by atoms with van der Waals surface area (Å²) < 4.78 is 22.0. The number of aryl methyl sites for hydroxylation is 1. The van der Waals surface area contributed by atoms with Gasteiger partial charge in [-0.15, -0.1) is 0 Å². The van der Waals surface area contributed by atoms with Gasteiger partial charge in [0.05, 0.1) is 57.4 Å². The molecule has 14 nitrogen and oxygen atoms in total. The first kappa shape index (κ1) is 50.2. The van der Waals surface area contributed by atoms with E-state index < -0.39 is 11.8 Å². The number of piperidine rings is 1. The molecule has 1 aliphatic carbocycles. The van der Waals surface area contributed by atoms with Crippen LogP contribution in [0.5, 0.6) is 0 Å². The molecule has 0 spiro atoms. The highest BCUT2D eigenvalue weighted by atomic mass is 16.6. The van der Waals surface area contributed by atoms with Crippen molar-refractivity contribution in [3.63, 3.8) is 0 Å². The fourth-order valence-electron chi connectivity index (χ4n) is 8.23. The second-order valence-corrected chi connectivity index (χ2v) is 18.2. The van der Waals surface area contributed by atoms with E-state index in [2.05, 4.69) is 50.8 Å².